The first-order valence-corrected chi connectivity index (χ1v) is 6.53. The van der Waals surface area contributed by atoms with Gasteiger partial charge in [0.05, 0.1) is 0 Å². The standard InChI is InChI=1S/C11H17N3O3S/c1-7(2)8-6-13-10(18-8)14-9(15)4-3-5-12-11(16)17/h6-7,12H,3-5H2,1-2H3,(H,16,17)(H,13,14,15). The summed E-state index contributed by atoms with van der Waals surface area (Å²) < 4.78 is 0. The molecule has 0 saturated carbocycles. The van der Waals surface area contributed by atoms with E-state index in [0.717, 1.165) is 4.88 Å². The minimum absolute atomic E-state index is 0.146. The second kappa shape index (κ2) is 6.95. The third kappa shape index (κ3) is 5.13. The zero-order valence-electron chi connectivity index (χ0n) is 10.4. The maximum absolute atomic E-state index is 11.5. The second-order valence-corrected chi connectivity index (χ2v) is 5.17. The molecule has 7 heteroatoms. The molecule has 0 unspecified atom stereocenters. The number of carboxylic acid groups (broad SMARTS) is 1. The number of hydrogen-bond donors (Lipinski definition) is 3. The lowest BCUT2D eigenvalue weighted by Crippen LogP contribution is -2.23. The van der Waals surface area contributed by atoms with Crippen LogP contribution in [0.5, 0.6) is 0 Å². The lowest BCUT2D eigenvalue weighted by Gasteiger charge is -2.02. The molecule has 0 aliphatic carbocycles. The third-order valence-electron chi connectivity index (χ3n) is 2.20. The molecule has 0 aliphatic heterocycles. The van der Waals surface area contributed by atoms with Gasteiger partial charge in [-0.1, -0.05) is 13.8 Å². The zero-order chi connectivity index (χ0) is 13.5. The highest BCUT2D eigenvalue weighted by Crippen LogP contribution is 2.25. The van der Waals surface area contributed by atoms with Gasteiger partial charge in [0.15, 0.2) is 5.13 Å². The largest absolute Gasteiger partial charge is 0.465 e. The van der Waals surface area contributed by atoms with Crippen molar-refractivity contribution >= 4 is 28.5 Å². The number of thiazole rings is 1. The molecule has 3 N–H and O–H groups in total. The van der Waals surface area contributed by atoms with E-state index in [4.69, 9.17) is 5.11 Å². The molecule has 18 heavy (non-hydrogen) atoms. The summed E-state index contributed by atoms with van der Waals surface area (Å²) in [6, 6.07) is 0. The van der Waals surface area contributed by atoms with Gasteiger partial charge in [0, 0.05) is 24.0 Å². The van der Waals surface area contributed by atoms with Gasteiger partial charge in [0.25, 0.3) is 0 Å². The Morgan fingerprint density at radius 1 is 1.50 bits per heavy atom. The monoisotopic (exact) mass is 271 g/mol. The highest BCUT2D eigenvalue weighted by Gasteiger charge is 2.08. The fourth-order valence-corrected chi connectivity index (χ4v) is 2.07. The Hall–Kier alpha value is -1.63. The first-order chi connectivity index (χ1) is 8.49. The molecular formula is C11H17N3O3S. The van der Waals surface area contributed by atoms with Gasteiger partial charge in [-0.15, -0.1) is 11.3 Å². The summed E-state index contributed by atoms with van der Waals surface area (Å²) in [5.41, 5.74) is 0. The Morgan fingerprint density at radius 3 is 2.78 bits per heavy atom. The number of amides is 2. The van der Waals surface area contributed by atoms with Gasteiger partial charge in [-0.25, -0.2) is 9.78 Å². The molecule has 1 aromatic rings. The minimum Gasteiger partial charge on any atom is -0.465 e. The number of anilines is 1. The average molecular weight is 271 g/mol. The summed E-state index contributed by atoms with van der Waals surface area (Å²) in [5.74, 6) is 0.250. The van der Waals surface area contributed by atoms with Crippen molar-refractivity contribution in [1.29, 1.82) is 0 Å². The molecule has 0 spiro atoms. The van der Waals surface area contributed by atoms with Crippen molar-refractivity contribution in [2.75, 3.05) is 11.9 Å². The Kier molecular flexibility index (Phi) is 5.57. The van der Waals surface area contributed by atoms with Crippen molar-refractivity contribution < 1.29 is 14.7 Å². The lowest BCUT2D eigenvalue weighted by molar-refractivity contribution is -0.116. The van der Waals surface area contributed by atoms with Crippen LogP contribution >= 0.6 is 11.3 Å². The lowest BCUT2D eigenvalue weighted by atomic mass is 10.2. The molecule has 0 fully saturated rings. The molecule has 0 aliphatic rings. The van der Waals surface area contributed by atoms with Gasteiger partial charge in [0.2, 0.25) is 5.91 Å². The smallest absolute Gasteiger partial charge is 0.404 e. The third-order valence-corrected chi connectivity index (χ3v) is 3.41. The van der Waals surface area contributed by atoms with Crippen LogP contribution in [0.2, 0.25) is 0 Å². The van der Waals surface area contributed by atoms with Gasteiger partial charge in [-0.05, 0) is 12.3 Å². The van der Waals surface area contributed by atoms with Crippen LogP contribution in [-0.4, -0.2) is 28.6 Å². The van der Waals surface area contributed by atoms with E-state index in [1.807, 2.05) is 0 Å². The number of carbonyl (C=O) groups is 2. The van der Waals surface area contributed by atoms with Crippen LogP contribution in [-0.2, 0) is 4.79 Å². The molecular weight excluding hydrogens is 254 g/mol. The predicted molar refractivity (Wildman–Crippen MR) is 70.1 cm³/mol. The van der Waals surface area contributed by atoms with Crippen molar-refractivity contribution in [3.05, 3.63) is 11.1 Å². The van der Waals surface area contributed by atoms with Crippen LogP contribution in [0.15, 0.2) is 6.20 Å². The Balaban J connectivity index is 2.28. The maximum atomic E-state index is 11.5. The van der Waals surface area contributed by atoms with Crippen LogP contribution in [0.4, 0.5) is 9.93 Å². The quantitative estimate of drug-likeness (QED) is 0.692. The fourth-order valence-electron chi connectivity index (χ4n) is 1.24. The molecule has 1 rings (SSSR count). The van der Waals surface area contributed by atoms with Crippen molar-refractivity contribution in [3.63, 3.8) is 0 Å². The first kappa shape index (κ1) is 14.4. The molecule has 0 radical (unpaired) electrons. The summed E-state index contributed by atoms with van der Waals surface area (Å²) in [5, 5.41) is 13.8. The number of rotatable bonds is 6. The molecule has 6 nitrogen and oxygen atoms in total. The Labute approximate surface area is 109 Å². The molecule has 2 amide bonds. The summed E-state index contributed by atoms with van der Waals surface area (Å²) in [4.78, 5) is 26.9. The van der Waals surface area contributed by atoms with E-state index in [1.54, 1.807) is 6.20 Å². The summed E-state index contributed by atoms with van der Waals surface area (Å²) in [7, 11) is 0. The van der Waals surface area contributed by atoms with Crippen molar-refractivity contribution in [2.45, 2.75) is 32.6 Å². The molecule has 0 bridgehead atoms. The topological polar surface area (TPSA) is 91.3 Å². The van der Waals surface area contributed by atoms with Crippen LogP contribution in [0.3, 0.4) is 0 Å². The van der Waals surface area contributed by atoms with Gasteiger partial charge in [-0.2, -0.15) is 0 Å². The van der Waals surface area contributed by atoms with E-state index in [1.165, 1.54) is 11.3 Å². The van der Waals surface area contributed by atoms with Gasteiger partial charge >= 0.3 is 6.09 Å². The molecule has 0 aromatic carbocycles. The number of aromatic nitrogens is 1. The molecule has 1 aromatic heterocycles. The van der Waals surface area contributed by atoms with Crippen LogP contribution in [0, 0.1) is 0 Å². The van der Waals surface area contributed by atoms with Crippen LogP contribution in [0.1, 0.15) is 37.5 Å². The Morgan fingerprint density at radius 2 is 2.22 bits per heavy atom. The molecule has 0 atom stereocenters. The van der Waals surface area contributed by atoms with E-state index >= 15 is 0 Å². The van der Waals surface area contributed by atoms with E-state index in [-0.39, 0.29) is 18.9 Å². The van der Waals surface area contributed by atoms with Gasteiger partial charge < -0.3 is 15.7 Å². The van der Waals surface area contributed by atoms with Crippen LogP contribution in [0.25, 0.3) is 0 Å². The van der Waals surface area contributed by atoms with Crippen molar-refractivity contribution in [1.82, 2.24) is 10.3 Å². The van der Waals surface area contributed by atoms with Gasteiger partial charge in [-0.3, -0.25) is 4.79 Å². The van der Waals surface area contributed by atoms with E-state index in [0.29, 0.717) is 17.5 Å². The Bertz CT molecular complexity index is 417. The number of carbonyl (C=O) groups excluding carboxylic acids is 1. The van der Waals surface area contributed by atoms with E-state index in [9.17, 15) is 9.59 Å². The maximum Gasteiger partial charge on any atom is 0.404 e. The minimum atomic E-state index is -1.07. The molecule has 0 saturated heterocycles. The number of nitrogens with zero attached hydrogens (tertiary/aromatic N) is 1. The molecule has 100 valence electrons. The highest BCUT2D eigenvalue weighted by atomic mass is 32.1. The summed E-state index contributed by atoms with van der Waals surface area (Å²) in [6.45, 7) is 4.41. The zero-order valence-corrected chi connectivity index (χ0v) is 11.2. The SMILES string of the molecule is CC(C)c1cnc(NC(=O)CCCNC(=O)O)s1. The van der Waals surface area contributed by atoms with Crippen molar-refractivity contribution in [2.24, 2.45) is 0 Å². The first-order valence-electron chi connectivity index (χ1n) is 5.71. The molecule has 1 heterocycles. The van der Waals surface area contributed by atoms with Crippen LogP contribution < -0.4 is 10.6 Å². The normalized spacial score (nSPS) is 10.4. The second-order valence-electron chi connectivity index (χ2n) is 4.11. The van der Waals surface area contributed by atoms with E-state index < -0.39 is 6.09 Å². The summed E-state index contributed by atoms with van der Waals surface area (Å²) in [6.07, 6.45) is 1.44. The number of nitrogens with one attached hydrogen (secondary N) is 2. The van der Waals surface area contributed by atoms with Gasteiger partial charge in [0.1, 0.15) is 0 Å². The van der Waals surface area contributed by atoms with E-state index in [2.05, 4.69) is 29.5 Å². The fraction of sp³-hybridized carbons (Fsp3) is 0.545. The summed E-state index contributed by atoms with van der Waals surface area (Å²) >= 11 is 1.46. The average Bonchev–Trinajstić information content (AvgIpc) is 2.72. The van der Waals surface area contributed by atoms with Crippen molar-refractivity contribution in [3.8, 4) is 0 Å². The predicted octanol–water partition coefficient (Wildman–Crippen LogP) is 2.25. The highest BCUT2D eigenvalue weighted by molar-refractivity contribution is 7.15. The number of hydrogen-bond acceptors (Lipinski definition) is 4.